The summed E-state index contributed by atoms with van der Waals surface area (Å²) in [6.07, 6.45) is 0. The second-order valence-corrected chi connectivity index (χ2v) is 8.99. The number of amidine groups is 1. The third-order valence-electron chi connectivity index (χ3n) is 5.14. The van der Waals surface area contributed by atoms with Gasteiger partial charge in [0, 0.05) is 25.7 Å². The molecule has 2 aromatic rings. The second-order valence-electron chi connectivity index (χ2n) is 8.08. The topological polar surface area (TPSA) is 30.9 Å². The highest BCUT2D eigenvalue weighted by Crippen LogP contribution is 2.39. The van der Waals surface area contributed by atoms with E-state index in [1.54, 1.807) is 11.3 Å². The average Bonchev–Trinajstić information content (AvgIpc) is 2.95. The number of thiophene rings is 1. The Labute approximate surface area is 154 Å². The van der Waals surface area contributed by atoms with Gasteiger partial charge in [0.15, 0.2) is 0 Å². The van der Waals surface area contributed by atoms with Gasteiger partial charge in [0.05, 0.1) is 16.9 Å². The zero-order chi connectivity index (χ0) is 17.6. The van der Waals surface area contributed by atoms with Crippen molar-refractivity contribution in [1.82, 2.24) is 9.80 Å². The monoisotopic (exact) mass is 354 g/mol. The van der Waals surface area contributed by atoms with E-state index in [0.29, 0.717) is 6.04 Å². The molecule has 0 spiro atoms. The number of para-hydroxylation sites is 2. The maximum atomic E-state index is 5.13. The van der Waals surface area contributed by atoms with Crippen molar-refractivity contribution in [2.24, 2.45) is 10.4 Å². The molecule has 1 aromatic carbocycles. The lowest BCUT2D eigenvalue weighted by Crippen LogP contribution is -2.58. The lowest BCUT2D eigenvalue weighted by molar-refractivity contribution is 0.0761. The smallest absolute Gasteiger partial charge is 0.139 e. The average molecular weight is 355 g/mol. The van der Waals surface area contributed by atoms with E-state index in [9.17, 15) is 0 Å². The zero-order valence-electron chi connectivity index (χ0n) is 15.4. The molecular weight excluding hydrogens is 328 g/mol. The Kier molecular flexibility index (Phi) is 4.08. The Balaban J connectivity index is 1.83. The van der Waals surface area contributed by atoms with Crippen LogP contribution in [0, 0.1) is 5.41 Å². The SMILES string of the molecule is CN1CCN(C2=Nc3ccccc3Nc3sccc32)C(C(C)(C)C)C1. The van der Waals surface area contributed by atoms with Crippen molar-refractivity contribution in [2.75, 3.05) is 32.0 Å². The summed E-state index contributed by atoms with van der Waals surface area (Å²) < 4.78 is 0. The van der Waals surface area contributed by atoms with Crippen LogP contribution in [0.1, 0.15) is 26.3 Å². The molecule has 2 aliphatic rings. The van der Waals surface area contributed by atoms with Crippen molar-refractivity contribution in [1.29, 1.82) is 0 Å². The molecule has 0 aliphatic carbocycles. The molecule has 1 unspecified atom stereocenters. The van der Waals surface area contributed by atoms with Crippen LogP contribution >= 0.6 is 11.3 Å². The first-order valence-corrected chi connectivity index (χ1v) is 9.79. The van der Waals surface area contributed by atoms with E-state index in [4.69, 9.17) is 4.99 Å². The number of hydrogen-bond acceptors (Lipinski definition) is 5. The van der Waals surface area contributed by atoms with Crippen molar-refractivity contribution in [3.8, 4) is 0 Å². The molecule has 4 nitrogen and oxygen atoms in total. The van der Waals surface area contributed by atoms with Gasteiger partial charge < -0.3 is 15.1 Å². The minimum atomic E-state index is 0.187. The maximum Gasteiger partial charge on any atom is 0.139 e. The molecule has 0 radical (unpaired) electrons. The van der Waals surface area contributed by atoms with Crippen LogP contribution in [-0.2, 0) is 0 Å². The van der Waals surface area contributed by atoms with Gasteiger partial charge in [0.25, 0.3) is 0 Å². The number of likely N-dealkylation sites (N-methyl/N-ethyl adjacent to an activating group) is 1. The molecule has 1 aromatic heterocycles. The van der Waals surface area contributed by atoms with Gasteiger partial charge in [0.2, 0.25) is 0 Å². The Bertz CT molecular complexity index is 802. The Morgan fingerprint density at radius 2 is 1.96 bits per heavy atom. The number of benzene rings is 1. The summed E-state index contributed by atoms with van der Waals surface area (Å²) in [6, 6.07) is 11.0. The van der Waals surface area contributed by atoms with Crippen LogP contribution in [0.25, 0.3) is 0 Å². The van der Waals surface area contributed by atoms with Crippen molar-refractivity contribution in [3.05, 3.63) is 41.3 Å². The molecule has 3 heterocycles. The standard InChI is InChI=1S/C20H26N4S/c1-20(2,3)17-13-23(4)10-11-24(17)18-14-9-12-25-19(14)22-16-8-6-5-7-15(16)21-18/h5-9,12,17,22H,10-11,13H2,1-4H3. The van der Waals surface area contributed by atoms with Crippen LogP contribution in [0.5, 0.6) is 0 Å². The van der Waals surface area contributed by atoms with Crippen molar-refractivity contribution >= 4 is 33.5 Å². The Morgan fingerprint density at radius 1 is 1.16 bits per heavy atom. The molecule has 25 heavy (non-hydrogen) atoms. The van der Waals surface area contributed by atoms with Crippen LogP contribution in [0.3, 0.4) is 0 Å². The molecule has 5 heteroatoms. The van der Waals surface area contributed by atoms with E-state index in [2.05, 4.69) is 78.6 Å². The number of hydrogen-bond donors (Lipinski definition) is 1. The lowest BCUT2D eigenvalue weighted by Gasteiger charge is -2.47. The van der Waals surface area contributed by atoms with E-state index < -0.39 is 0 Å². The van der Waals surface area contributed by atoms with Gasteiger partial charge >= 0.3 is 0 Å². The van der Waals surface area contributed by atoms with E-state index in [-0.39, 0.29) is 5.41 Å². The van der Waals surface area contributed by atoms with E-state index >= 15 is 0 Å². The summed E-state index contributed by atoms with van der Waals surface area (Å²) >= 11 is 1.75. The van der Waals surface area contributed by atoms with Crippen LogP contribution in [-0.4, -0.2) is 48.4 Å². The van der Waals surface area contributed by atoms with Gasteiger partial charge in [0.1, 0.15) is 10.8 Å². The number of fused-ring (bicyclic) bond motifs is 2. The molecule has 0 saturated carbocycles. The van der Waals surface area contributed by atoms with Crippen molar-refractivity contribution in [3.63, 3.8) is 0 Å². The summed E-state index contributed by atoms with van der Waals surface area (Å²) in [5.74, 6) is 1.11. The minimum absolute atomic E-state index is 0.187. The normalized spacial score (nSPS) is 21.0. The fraction of sp³-hybridized carbons (Fsp3) is 0.450. The fourth-order valence-electron chi connectivity index (χ4n) is 3.69. The summed E-state index contributed by atoms with van der Waals surface area (Å²) in [5.41, 5.74) is 3.52. The molecule has 0 bridgehead atoms. The molecule has 4 rings (SSSR count). The van der Waals surface area contributed by atoms with Gasteiger partial charge in [-0.1, -0.05) is 32.9 Å². The van der Waals surface area contributed by atoms with E-state index in [0.717, 1.165) is 36.8 Å². The zero-order valence-corrected chi connectivity index (χ0v) is 16.2. The molecular formula is C20H26N4S. The van der Waals surface area contributed by atoms with Gasteiger partial charge in [-0.3, -0.25) is 0 Å². The number of piperazine rings is 1. The highest BCUT2D eigenvalue weighted by molar-refractivity contribution is 7.14. The maximum absolute atomic E-state index is 5.13. The van der Waals surface area contributed by atoms with Gasteiger partial charge in [-0.25, -0.2) is 4.99 Å². The number of anilines is 2. The van der Waals surface area contributed by atoms with E-state index in [1.165, 1.54) is 10.6 Å². The van der Waals surface area contributed by atoms with Gasteiger partial charge in [-0.2, -0.15) is 0 Å². The molecule has 1 saturated heterocycles. The quantitative estimate of drug-likeness (QED) is 0.753. The van der Waals surface area contributed by atoms with Crippen LogP contribution in [0.15, 0.2) is 40.7 Å². The molecule has 0 amide bonds. The second kappa shape index (κ2) is 6.15. The first-order chi connectivity index (χ1) is 11.9. The first kappa shape index (κ1) is 16.6. The van der Waals surface area contributed by atoms with Crippen molar-refractivity contribution < 1.29 is 0 Å². The summed E-state index contributed by atoms with van der Waals surface area (Å²) in [6.45, 7) is 10.2. The fourth-order valence-corrected chi connectivity index (χ4v) is 4.48. The predicted molar refractivity (Wildman–Crippen MR) is 108 cm³/mol. The number of nitrogens with one attached hydrogen (secondary N) is 1. The van der Waals surface area contributed by atoms with Gasteiger partial charge in [-0.15, -0.1) is 11.3 Å². The summed E-state index contributed by atoms with van der Waals surface area (Å²) in [5, 5.41) is 6.93. The molecule has 132 valence electrons. The molecule has 1 atom stereocenters. The first-order valence-electron chi connectivity index (χ1n) is 8.91. The van der Waals surface area contributed by atoms with Crippen LogP contribution in [0.2, 0.25) is 0 Å². The summed E-state index contributed by atoms with van der Waals surface area (Å²) in [7, 11) is 2.22. The molecule has 1 N–H and O–H groups in total. The highest BCUT2D eigenvalue weighted by Gasteiger charge is 2.37. The van der Waals surface area contributed by atoms with Crippen LogP contribution in [0.4, 0.5) is 16.4 Å². The van der Waals surface area contributed by atoms with Gasteiger partial charge in [-0.05, 0) is 36.0 Å². The number of nitrogens with zero attached hydrogens (tertiary/aromatic N) is 3. The molecule has 2 aliphatic heterocycles. The van der Waals surface area contributed by atoms with Crippen LogP contribution < -0.4 is 5.32 Å². The lowest BCUT2D eigenvalue weighted by atomic mass is 9.84. The highest BCUT2D eigenvalue weighted by atomic mass is 32.1. The van der Waals surface area contributed by atoms with Crippen molar-refractivity contribution in [2.45, 2.75) is 26.8 Å². The molecule has 1 fully saturated rings. The third kappa shape index (κ3) is 3.07. The predicted octanol–water partition coefficient (Wildman–Crippen LogP) is 4.55. The summed E-state index contributed by atoms with van der Waals surface area (Å²) in [4.78, 5) is 10.1. The third-order valence-corrected chi connectivity index (χ3v) is 5.97. The Hall–Kier alpha value is -1.85. The number of aliphatic imine (C=N–C) groups is 1. The minimum Gasteiger partial charge on any atom is -0.350 e. The number of rotatable bonds is 0. The van der Waals surface area contributed by atoms with E-state index in [1.807, 2.05) is 0 Å². The largest absolute Gasteiger partial charge is 0.350 e. The Morgan fingerprint density at radius 3 is 2.76 bits per heavy atom.